The van der Waals surface area contributed by atoms with E-state index in [2.05, 4.69) is 18.4 Å². The van der Waals surface area contributed by atoms with Gasteiger partial charge in [-0.05, 0) is 35.3 Å². The Morgan fingerprint density at radius 3 is 1.59 bits per heavy atom. The van der Waals surface area contributed by atoms with Gasteiger partial charge in [0.05, 0.1) is 33.0 Å². The second kappa shape index (κ2) is 17.6. The molecular formula is C40H42O6. The average molecular weight is 619 g/mol. The minimum Gasteiger partial charge on any atom is -0.374 e. The number of benzene rings is 4. The van der Waals surface area contributed by atoms with E-state index in [1.165, 1.54) is 0 Å². The van der Waals surface area contributed by atoms with E-state index in [0.29, 0.717) is 26.4 Å². The predicted molar refractivity (Wildman–Crippen MR) is 178 cm³/mol. The van der Waals surface area contributed by atoms with E-state index >= 15 is 0 Å². The molecule has 1 fully saturated rings. The molecule has 0 spiro atoms. The molecule has 0 saturated carbocycles. The molecule has 0 aromatic heterocycles. The minimum atomic E-state index is -1.40. The fourth-order valence-electron chi connectivity index (χ4n) is 5.43. The van der Waals surface area contributed by atoms with Gasteiger partial charge in [0.15, 0.2) is 0 Å². The molecule has 0 bridgehead atoms. The number of rotatable bonds is 16. The largest absolute Gasteiger partial charge is 0.374 e. The Balaban J connectivity index is 1.50. The van der Waals surface area contributed by atoms with Crippen LogP contribution in [0.3, 0.4) is 0 Å². The monoisotopic (exact) mass is 618 g/mol. The highest BCUT2D eigenvalue weighted by molar-refractivity contribution is 5.18. The predicted octanol–water partition coefficient (Wildman–Crippen LogP) is 7.28. The zero-order chi connectivity index (χ0) is 31.9. The van der Waals surface area contributed by atoms with Crippen molar-refractivity contribution in [2.45, 2.75) is 63.6 Å². The zero-order valence-electron chi connectivity index (χ0n) is 26.3. The van der Waals surface area contributed by atoms with E-state index in [1.807, 2.05) is 121 Å². The Bertz CT molecular complexity index is 1500. The molecule has 0 N–H and O–H groups in total. The molecular weight excluding hydrogens is 576 g/mol. The highest BCUT2D eigenvalue weighted by atomic mass is 16.7. The quantitative estimate of drug-likeness (QED) is 0.0972. The van der Waals surface area contributed by atoms with Crippen molar-refractivity contribution in [1.29, 1.82) is 0 Å². The van der Waals surface area contributed by atoms with Gasteiger partial charge in [-0.3, -0.25) is 0 Å². The smallest absolute Gasteiger partial charge is 0.218 e. The van der Waals surface area contributed by atoms with Crippen LogP contribution in [0.1, 0.15) is 29.2 Å². The fraction of sp³-hybridized carbons (Fsp3) is 0.300. The Morgan fingerprint density at radius 2 is 1.11 bits per heavy atom. The minimum absolute atomic E-state index is 0.117. The van der Waals surface area contributed by atoms with E-state index in [9.17, 15) is 0 Å². The first kappa shape index (κ1) is 33.3. The van der Waals surface area contributed by atoms with Crippen LogP contribution in [0.15, 0.2) is 134 Å². The Hall–Kier alpha value is -4.06. The summed E-state index contributed by atoms with van der Waals surface area (Å²) in [7, 11) is 0. The molecule has 0 amide bonds. The topological polar surface area (TPSA) is 55.4 Å². The SMILES string of the molecule is C=C[C@]1(OCC#CC)OC(COCc2ccccc2)[C@@H](OCc2ccccc2)C(OCc2ccccc2)C1OCc1ccccc1. The molecule has 1 aliphatic heterocycles. The molecule has 6 heteroatoms. The lowest BCUT2D eigenvalue weighted by molar-refractivity contribution is -0.361. The zero-order valence-corrected chi connectivity index (χ0v) is 26.3. The van der Waals surface area contributed by atoms with Gasteiger partial charge in [0.2, 0.25) is 5.79 Å². The Kier molecular flexibility index (Phi) is 12.7. The van der Waals surface area contributed by atoms with Crippen LogP contribution < -0.4 is 0 Å². The van der Waals surface area contributed by atoms with Gasteiger partial charge in [0.1, 0.15) is 31.0 Å². The van der Waals surface area contributed by atoms with E-state index in [1.54, 1.807) is 13.0 Å². The van der Waals surface area contributed by atoms with Crippen LogP contribution in [0.2, 0.25) is 0 Å². The van der Waals surface area contributed by atoms with Crippen LogP contribution >= 0.6 is 0 Å². The first-order valence-corrected chi connectivity index (χ1v) is 15.6. The van der Waals surface area contributed by atoms with Crippen molar-refractivity contribution < 1.29 is 28.4 Å². The van der Waals surface area contributed by atoms with Gasteiger partial charge < -0.3 is 28.4 Å². The summed E-state index contributed by atoms with van der Waals surface area (Å²) >= 11 is 0. The summed E-state index contributed by atoms with van der Waals surface area (Å²) in [6.07, 6.45) is -0.888. The van der Waals surface area contributed by atoms with Crippen molar-refractivity contribution >= 4 is 0 Å². The molecule has 5 atom stereocenters. The average Bonchev–Trinajstić information content (AvgIpc) is 3.11. The fourth-order valence-corrected chi connectivity index (χ4v) is 5.43. The van der Waals surface area contributed by atoms with Crippen LogP contribution in [0, 0.1) is 11.8 Å². The van der Waals surface area contributed by atoms with Crippen LogP contribution in [0.5, 0.6) is 0 Å². The maximum Gasteiger partial charge on any atom is 0.218 e. The van der Waals surface area contributed by atoms with Crippen molar-refractivity contribution in [3.05, 3.63) is 156 Å². The first-order valence-electron chi connectivity index (χ1n) is 15.6. The van der Waals surface area contributed by atoms with Gasteiger partial charge in [-0.2, -0.15) is 0 Å². The summed E-state index contributed by atoms with van der Waals surface area (Å²) in [6, 6.07) is 40.1. The third-order valence-corrected chi connectivity index (χ3v) is 7.79. The Morgan fingerprint density at radius 1 is 0.652 bits per heavy atom. The van der Waals surface area contributed by atoms with Gasteiger partial charge in [0, 0.05) is 0 Å². The van der Waals surface area contributed by atoms with Crippen LogP contribution in [0.25, 0.3) is 0 Å². The molecule has 46 heavy (non-hydrogen) atoms. The summed E-state index contributed by atoms with van der Waals surface area (Å²) in [5, 5.41) is 0. The van der Waals surface area contributed by atoms with Gasteiger partial charge in [-0.25, -0.2) is 0 Å². The number of ether oxygens (including phenoxy) is 6. The second-order valence-electron chi connectivity index (χ2n) is 11.0. The molecule has 5 rings (SSSR count). The highest BCUT2D eigenvalue weighted by Crippen LogP contribution is 2.38. The van der Waals surface area contributed by atoms with E-state index in [4.69, 9.17) is 28.4 Å². The maximum absolute atomic E-state index is 6.83. The van der Waals surface area contributed by atoms with Crippen LogP contribution in [0.4, 0.5) is 0 Å². The molecule has 238 valence electrons. The van der Waals surface area contributed by atoms with Crippen LogP contribution in [-0.2, 0) is 54.8 Å². The van der Waals surface area contributed by atoms with E-state index in [0.717, 1.165) is 22.3 Å². The number of hydrogen-bond acceptors (Lipinski definition) is 6. The van der Waals surface area contributed by atoms with Gasteiger partial charge in [-0.1, -0.05) is 134 Å². The van der Waals surface area contributed by atoms with Crippen molar-refractivity contribution in [2.75, 3.05) is 13.2 Å². The summed E-state index contributed by atoms with van der Waals surface area (Å²) in [4.78, 5) is 0. The molecule has 1 heterocycles. The normalized spacial score (nSPS) is 22.5. The van der Waals surface area contributed by atoms with Crippen molar-refractivity contribution in [1.82, 2.24) is 0 Å². The highest BCUT2D eigenvalue weighted by Gasteiger charge is 2.56. The summed E-state index contributed by atoms with van der Waals surface area (Å²) in [5.41, 5.74) is 4.12. The van der Waals surface area contributed by atoms with Gasteiger partial charge in [-0.15, -0.1) is 5.92 Å². The molecule has 4 aromatic carbocycles. The summed E-state index contributed by atoms with van der Waals surface area (Å²) in [5.74, 6) is 4.51. The maximum atomic E-state index is 6.83. The van der Waals surface area contributed by atoms with Crippen LogP contribution in [-0.4, -0.2) is 43.4 Å². The van der Waals surface area contributed by atoms with Gasteiger partial charge >= 0.3 is 0 Å². The first-order chi connectivity index (χ1) is 22.7. The lowest BCUT2D eigenvalue weighted by Crippen LogP contribution is -2.67. The van der Waals surface area contributed by atoms with E-state index < -0.39 is 30.2 Å². The Labute approximate surface area is 272 Å². The van der Waals surface area contributed by atoms with E-state index in [-0.39, 0.29) is 13.2 Å². The third kappa shape index (κ3) is 9.24. The van der Waals surface area contributed by atoms with Crippen molar-refractivity contribution in [3.63, 3.8) is 0 Å². The standard InChI is InChI=1S/C40H42O6/c1-3-5-26-45-40(4-2)39(44-30-35-24-16-9-17-25-35)38(43-29-34-22-14-8-15-23-34)37(42-28-33-20-12-7-13-21-33)36(46-40)31-41-27-32-18-10-6-11-19-32/h4,6-25,36-39H,2,26-31H2,1H3/t36?,37-,38?,39?,40+/m1/s1. The molecule has 1 saturated heterocycles. The summed E-state index contributed by atoms with van der Waals surface area (Å²) < 4.78 is 39.7. The molecule has 1 aliphatic rings. The third-order valence-electron chi connectivity index (χ3n) is 7.79. The lowest BCUT2D eigenvalue weighted by Gasteiger charge is -2.51. The lowest BCUT2D eigenvalue weighted by atomic mass is 9.91. The molecule has 4 aromatic rings. The van der Waals surface area contributed by atoms with Crippen molar-refractivity contribution in [2.24, 2.45) is 0 Å². The second-order valence-corrected chi connectivity index (χ2v) is 11.0. The molecule has 6 nitrogen and oxygen atoms in total. The summed E-state index contributed by atoms with van der Waals surface area (Å²) in [6.45, 7) is 7.68. The molecule has 0 aliphatic carbocycles. The molecule has 0 radical (unpaired) electrons. The van der Waals surface area contributed by atoms with Gasteiger partial charge in [0.25, 0.3) is 0 Å². The molecule has 3 unspecified atom stereocenters. The van der Waals surface area contributed by atoms with Crippen molar-refractivity contribution in [3.8, 4) is 11.8 Å². The number of hydrogen-bond donors (Lipinski definition) is 0.